The van der Waals surface area contributed by atoms with E-state index in [-0.39, 0.29) is 18.2 Å². The molecule has 0 aromatic heterocycles. The van der Waals surface area contributed by atoms with Crippen LogP contribution in [0.1, 0.15) is 36.9 Å². The molecule has 138 valence electrons. The van der Waals surface area contributed by atoms with Crippen LogP contribution in [0.25, 0.3) is 0 Å². The molecule has 0 unspecified atom stereocenters. The molecule has 0 radical (unpaired) electrons. The van der Waals surface area contributed by atoms with E-state index in [2.05, 4.69) is 29.7 Å². The second kappa shape index (κ2) is 8.72. The Morgan fingerprint density at radius 2 is 1.77 bits per heavy atom. The van der Waals surface area contributed by atoms with Gasteiger partial charge in [0, 0.05) is 18.1 Å². The Morgan fingerprint density at radius 1 is 1.08 bits per heavy atom. The Hall–Kier alpha value is -2.53. The van der Waals surface area contributed by atoms with E-state index in [1.165, 1.54) is 5.56 Å². The number of carbonyl (C=O) groups excluding carboxylic acids is 1. The first kappa shape index (κ1) is 18.3. The minimum absolute atomic E-state index is 0.179. The Kier molecular flexibility index (Phi) is 6.12. The first-order valence-corrected chi connectivity index (χ1v) is 9.01. The molecule has 1 aliphatic carbocycles. The number of amides is 1. The van der Waals surface area contributed by atoms with E-state index in [9.17, 15) is 4.79 Å². The van der Waals surface area contributed by atoms with Crippen molar-refractivity contribution >= 4 is 6.09 Å². The molecule has 2 aromatic rings. The maximum Gasteiger partial charge on any atom is 0.407 e. The molecule has 1 saturated carbocycles. The molecular formula is C21H26N2O3. The van der Waals surface area contributed by atoms with E-state index >= 15 is 0 Å². The minimum atomic E-state index is -0.347. The zero-order chi connectivity index (χ0) is 18.4. The number of methoxy groups -OCH3 is 1. The van der Waals surface area contributed by atoms with Crippen LogP contribution >= 0.6 is 0 Å². The van der Waals surface area contributed by atoms with E-state index in [0.717, 1.165) is 24.2 Å². The van der Waals surface area contributed by atoms with Crippen molar-refractivity contribution in [3.63, 3.8) is 0 Å². The lowest BCUT2D eigenvalue weighted by molar-refractivity contribution is 0.124. The Bertz CT molecular complexity index is 697. The van der Waals surface area contributed by atoms with Crippen molar-refractivity contribution in [2.45, 2.75) is 44.5 Å². The Labute approximate surface area is 154 Å². The van der Waals surface area contributed by atoms with Crippen molar-refractivity contribution in [1.29, 1.82) is 0 Å². The first-order chi connectivity index (χ1) is 12.6. The molecule has 0 aliphatic heterocycles. The molecule has 5 nitrogen and oxygen atoms in total. The predicted molar refractivity (Wildman–Crippen MR) is 101 cm³/mol. The fourth-order valence-electron chi connectivity index (χ4n) is 3.15. The van der Waals surface area contributed by atoms with Crippen molar-refractivity contribution in [1.82, 2.24) is 10.6 Å². The van der Waals surface area contributed by atoms with Crippen molar-refractivity contribution in [2.75, 3.05) is 7.11 Å². The molecule has 1 fully saturated rings. The van der Waals surface area contributed by atoms with Gasteiger partial charge in [-0.1, -0.05) is 42.5 Å². The van der Waals surface area contributed by atoms with E-state index < -0.39 is 0 Å². The first-order valence-electron chi connectivity index (χ1n) is 9.01. The summed E-state index contributed by atoms with van der Waals surface area (Å²) in [6.07, 6.45) is 1.49. The highest BCUT2D eigenvalue weighted by atomic mass is 16.5. The van der Waals surface area contributed by atoms with Gasteiger partial charge in [0.05, 0.1) is 7.11 Å². The fraction of sp³-hybridized carbons (Fsp3) is 0.381. The second-order valence-electron chi connectivity index (χ2n) is 6.73. The van der Waals surface area contributed by atoms with Crippen LogP contribution in [0.3, 0.4) is 0 Å². The third-order valence-electron chi connectivity index (χ3n) is 4.77. The van der Waals surface area contributed by atoms with Crippen LogP contribution in [-0.4, -0.2) is 25.3 Å². The average molecular weight is 354 g/mol. The van der Waals surface area contributed by atoms with Crippen LogP contribution in [0, 0.1) is 0 Å². The van der Waals surface area contributed by atoms with E-state index in [0.29, 0.717) is 12.6 Å². The Balaban J connectivity index is 1.35. The van der Waals surface area contributed by atoms with Gasteiger partial charge in [0.2, 0.25) is 0 Å². The van der Waals surface area contributed by atoms with Gasteiger partial charge in [-0.15, -0.1) is 0 Å². The molecule has 1 aliphatic rings. The monoisotopic (exact) mass is 354 g/mol. The molecule has 0 bridgehead atoms. The van der Waals surface area contributed by atoms with Crippen LogP contribution in [0.2, 0.25) is 0 Å². The minimum Gasteiger partial charge on any atom is -0.497 e. The summed E-state index contributed by atoms with van der Waals surface area (Å²) in [5, 5.41) is 6.53. The highest BCUT2D eigenvalue weighted by Crippen LogP contribution is 2.25. The largest absolute Gasteiger partial charge is 0.497 e. The normalized spacial score (nSPS) is 19.9. The summed E-state index contributed by atoms with van der Waals surface area (Å²) >= 11 is 0. The second-order valence-corrected chi connectivity index (χ2v) is 6.73. The molecule has 0 spiro atoms. The summed E-state index contributed by atoms with van der Waals surface area (Å²) < 4.78 is 10.4. The van der Waals surface area contributed by atoms with Crippen LogP contribution in [0.4, 0.5) is 4.79 Å². The number of ether oxygens (including phenoxy) is 2. The lowest BCUT2D eigenvalue weighted by Gasteiger charge is -2.38. The lowest BCUT2D eigenvalue weighted by atomic mass is 9.86. The van der Waals surface area contributed by atoms with Crippen LogP contribution in [0.15, 0.2) is 54.6 Å². The van der Waals surface area contributed by atoms with E-state index in [1.807, 2.05) is 42.5 Å². The summed E-state index contributed by atoms with van der Waals surface area (Å²) in [5.41, 5.74) is 2.22. The number of benzene rings is 2. The quantitative estimate of drug-likeness (QED) is 0.794. The van der Waals surface area contributed by atoms with Crippen LogP contribution in [0.5, 0.6) is 5.75 Å². The van der Waals surface area contributed by atoms with Gasteiger partial charge in [-0.05, 0) is 43.0 Å². The number of nitrogens with one attached hydrogen (secondary N) is 2. The highest BCUT2D eigenvalue weighted by Gasteiger charge is 2.31. The SMILES string of the molecule is COc1ccc([C@H](C)NC2CC(NC(=O)OCc3ccccc3)C2)cc1. The van der Waals surface area contributed by atoms with Crippen LogP contribution < -0.4 is 15.4 Å². The Morgan fingerprint density at radius 3 is 2.42 bits per heavy atom. The zero-order valence-electron chi connectivity index (χ0n) is 15.3. The molecule has 1 atom stereocenters. The summed E-state index contributed by atoms with van der Waals surface area (Å²) in [7, 11) is 1.67. The highest BCUT2D eigenvalue weighted by molar-refractivity contribution is 5.67. The third-order valence-corrected chi connectivity index (χ3v) is 4.77. The van der Waals surface area contributed by atoms with Crippen molar-refractivity contribution in [3.8, 4) is 5.75 Å². The number of hydrogen-bond acceptors (Lipinski definition) is 4. The summed E-state index contributed by atoms with van der Waals surface area (Å²) in [6.45, 7) is 2.45. The van der Waals surface area contributed by atoms with Gasteiger partial charge >= 0.3 is 6.09 Å². The molecular weight excluding hydrogens is 328 g/mol. The topological polar surface area (TPSA) is 59.6 Å². The van der Waals surface area contributed by atoms with Crippen molar-refractivity contribution in [2.24, 2.45) is 0 Å². The number of hydrogen-bond donors (Lipinski definition) is 2. The molecule has 0 heterocycles. The van der Waals surface area contributed by atoms with Gasteiger partial charge in [-0.2, -0.15) is 0 Å². The average Bonchev–Trinajstić information content (AvgIpc) is 2.65. The van der Waals surface area contributed by atoms with Gasteiger partial charge in [0.1, 0.15) is 12.4 Å². The predicted octanol–water partition coefficient (Wildman–Crippen LogP) is 3.80. The van der Waals surface area contributed by atoms with E-state index in [1.54, 1.807) is 7.11 Å². The number of alkyl carbamates (subject to hydrolysis) is 1. The molecule has 2 N–H and O–H groups in total. The summed E-state index contributed by atoms with van der Waals surface area (Å²) in [6, 6.07) is 18.6. The van der Waals surface area contributed by atoms with Gasteiger partial charge in [0.15, 0.2) is 0 Å². The standard InChI is InChI=1S/C21H26N2O3/c1-15(17-8-10-20(25-2)11-9-17)22-18-12-19(13-18)23-21(24)26-14-16-6-4-3-5-7-16/h3-11,15,18-19,22H,12-14H2,1-2H3,(H,23,24)/t15-,18?,19?/m0/s1. The van der Waals surface area contributed by atoms with E-state index in [4.69, 9.17) is 9.47 Å². The molecule has 3 rings (SSSR count). The number of rotatable bonds is 7. The summed E-state index contributed by atoms with van der Waals surface area (Å²) in [4.78, 5) is 11.9. The molecule has 26 heavy (non-hydrogen) atoms. The van der Waals surface area contributed by atoms with Gasteiger partial charge in [0.25, 0.3) is 0 Å². The zero-order valence-corrected chi connectivity index (χ0v) is 15.3. The molecule has 2 aromatic carbocycles. The fourth-order valence-corrected chi connectivity index (χ4v) is 3.15. The van der Waals surface area contributed by atoms with Gasteiger partial charge in [-0.25, -0.2) is 4.79 Å². The molecule has 5 heteroatoms. The lowest BCUT2D eigenvalue weighted by Crippen LogP contribution is -2.52. The van der Waals surface area contributed by atoms with Gasteiger partial charge < -0.3 is 20.1 Å². The van der Waals surface area contributed by atoms with Crippen molar-refractivity contribution in [3.05, 3.63) is 65.7 Å². The maximum absolute atomic E-state index is 11.9. The molecule has 0 saturated heterocycles. The maximum atomic E-state index is 11.9. The third kappa shape index (κ3) is 4.99. The van der Waals surface area contributed by atoms with Crippen molar-refractivity contribution < 1.29 is 14.3 Å². The molecule has 1 amide bonds. The van der Waals surface area contributed by atoms with Gasteiger partial charge in [-0.3, -0.25) is 0 Å². The number of carbonyl (C=O) groups is 1. The smallest absolute Gasteiger partial charge is 0.407 e. The van der Waals surface area contributed by atoms with Crippen LogP contribution in [-0.2, 0) is 11.3 Å². The summed E-state index contributed by atoms with van der Waals surface area (Å²) in [5.74, 6) is 0.864.